The smallest absolute Gasteiger partial charge is 0.0824 e. The van der Waals surface area contributed by atoms with Gasteiger partial charge in [0, 0.05) is 32.8 Å². The zero-order chi connectivity index (χ0) is 12.3. The van der Waals surface area contributed by atoms with Gasteiger partial charge in [0.05, 0.1) is 5.60 Å². The highest BCUT2D eigenvalue weighted by Gasteiger charge is 2.36. The third-order valence-corrected chi connectivity index (χ3v) is 4.94. The molecule has 100 valence electrons. The molecule has 2 unspecified atom stereocenters. The van der Waals surface area contributed by atoms with E-state index in [-0.39, 0.29) is 5.60 Å². The topological polar surface area (TPSA) is 38.5 Å². The second kappa shape index (κ2) is 5.68. The Kier molecular flexibility index (Phi) is 4.45. The van der Waals surface area contributed by atoms with E-state index in [4.69, 9.17) is 10.5 Å². The van der Waals surface area contributed by atoms with Gasteiger partial charge in [0.25, 0.3) is 0 Å². The van der Waals surface area contributed by atoms with E-state index >= 15 is 0 Å². The Hall–Kier alpha value is -0.120. The summed E-state index contributed by atoms with van der Waals surface area (Å²) in [6.45, 7) is 5.40. The molecule has 0 radical (unpaired) electrons. The number of rotatable bonds is 3. The van der Waals surface area contributed by atoms with Gasteiger partial charge in [0.2, 0.25) is 0 Å². The third-order valence-electron chi connectivity index (χ3n) is 4.94. The van der Waals surface area contributed by atoms with E-state index in [1.165, 1.54) is 38.8 Å². The van der Waals surface area contributed by atoms with Crippen molar-refractivity contribution in [2.75, 3.05) is 26.7 Å². The van der Waals surface area contributed by atoms with Gasteiger partial charge in [-0.1, -0.05) is 19.8 Å². The molecule has 1 aliphatic carbocycles. The molecule has 2 atom stereocenters. The lowest BCUT2D eigenvalue weighted by Crippen LogP contribution is -2.53. The summed E-state index contributed by atoms with van der Waals surface area (Å²) in [6, 6.07) is 0.825. The first-order valence-electron chi connectivity index (χ1n) is 7.18. The number of methoxy groups -OCH3 is 1. The van der Waals surface area contributed by atoms with E-state index in [1.54, 1.807) is 0 Å². The lowest BCUT2D eigenvalue weighted by Gasteiger charge is -2.45. The molecule has 3 nitrogen and oxygen atoms in total. The van der Waals surface area contributed by atoms with Crippen LogP contribution in [0.25, 0.3) is 0 Å². The molecule has 1 saturated carbocycles. The fourth-order valence-electron chi connectivity index (χ4n) is 3.52. The Balaban J connectivity index is 1.86. The third kappa shape index (κ3) is 3.01. The van der Waals surface area contributed by atoms with E-state index in [9.17, 15) is 0 Å². The van der Waals surface area contributed by atoms with Crippen molar-refractivity contribution < 1.29 is 4.74 Å². The molecule has 1 saturated heterocycles. The predicted molar refractivity (Wildman–Crippen MR) is 71.0 cm³/mol. The summed E-state index contributed by atoms with van der Waals surface area (Å²) in [5, 5.41) is 0. The van der Waals surface area contributed by atoms with Gasteiger partial charge in [-0.25, -0.2) is 0 Å². The largest absolute Gasteiger partial charge is 0.377 e. The Morgan fingerprint density at radius 3 is 2.53 bits per heavy atom. The molecular weight excluding hydrogens is 212 g/mol. The van der Waals surface area contributed by atoms with Crippen LogP contribution in [0, 0.1) is 5.92 Å². The van der Waals surface area contributed by atoms with E-state index in [0.717, 1.165) is 24.8 Å². The average molecular weight is 240 g/mol. The molecule has 1 heterocycles. The maximum atomic E-state index is 5.85. The van der Waals surface area contributed by atoms with Crippen molar-refractivity contribution in [1.29, 1.82) is 0 Å². The average Bonchev–Trinajstić information content (AvgIpc) is 2.39. The number of ether oxygens (including phenoxy) is 1. The lowest BCUT2D eigenvalue weighted by molar-refractivity contribution is -0.0607. The fourth-order valence-corrected chi connectivity index (χ4v) is 3.52. The van der Waals surface area contributed by atoms with Crippen molar-refractivity contribution in [1.82, 2.24) is 4.90 Å². The predicted octanol–water partition coefficient (Wildman–Crippen LogP) is 2.00. The number of hydrogen-bond acceptors (Lipinski definition) is 3. The minimum atomic E-state index is -0.0310. The van der Waals surface area contributed by atoms with Crippen LogP contribution in [-0.2, 0) is 4.74 Å². The van der Waals surface area contributed by atoms with Crippen LogP contribution in [0.2, 0.25) is 0 Å². The summed E-state index contributed by atoms with van der Waals surface area (Å²) in [5.74, 6) is 0.914. The first-order valence-corrected chi connectivity index (χ1v) is 7.18. The van der Waals surface area contributed by atoms with Crippen LogP contribution in [0.1, 0.15) is 45.4 Å². The minimum absolute atomic E-state index is 0.0310. The van der Waals surface area contributed by atoms with Gasteiger partial charge in [-0.05, 0) is 31.6 Å². The Labute approximate surface area is 106 Å². The van der Waals surface area contributed by atoms with E-state index in [2.05, 4.69) is 11.8 Å². The molecule has 0 bridgehead atoms. The summed E-state index contributed by atoms with van der Waals surface area (Å²) in [5.41, 5.74) is 5.82. The van der Waals surface area contributed by atoms with Gasteiger partial charge in [0.15, 0.2) is 0 Å². The first-order chi connectivity index (χ1) is 8.19. The Morgan fingerprint density at radius 2 is 2.00 bits per heavy atom. The van der Waals surface area contributed by atoms with Crippen molar-refractivity contribution in [2.24, 2.45) is 11.7 Å². The van der Waals surface area contributed by atoms with Crippen LogP contribution < -0.4 is 5.73 Å². The number of likely N-dealkylation sites (tertiary alicyclic amines) is 1. The van der Waals surface area contributed by atoms with Gasteiger partial charge in [-0.15, -0.1) is 0 Å². The summed E-state index contributed by atoms with van der Waals surface area (Å²) in [6.07, 6.45) is 7.83. The van der Waals surface area contributed by atoms with Crippen LogP contribution >= 0.6 is 0 Å². The molecule has 0 aromatic heterocycles. The standard InChI is InChI=1S/C14H28N2O/c1-12-4-3-5-13(10-12)16-8-6-14(11-15,17-2)7-9-16/h12-13H,3-11,15H2,1-2H3. The zero-order valence-electron chi connectivity index (χ0n) is 11.5. The molecule has 2 fully saturated rings. The molecule has 0 aromatic rings. The van der Waals surface area contributed by atoms with Crippen molar-refractivity contribution >= 4 is 0 Å². The monoisotopic (exact) mass is 240 g/mol. The maximum absolute atomic E-state index is 5.85. The summed E-state index contributed by atoms with van der Waals surface area (Å²) in [7, 11) is 1.81. The molecule has 2 rings (SSSR count). The molecule has 0 aromatic carbocycles. The Bertz CT molecular complexity index is 230. The van der Waals surface area contributed by atoms with Crippen molar-refractivity contribution in [3.05, 3.63) is 0 Å². The summed E-state index contributed by atoms with van der Waals surface area (Å²) < 4.78 is 5.63. The lowest BCUT2D eigenvalue weighted by atomic mass is 9.83. The van der Waals surface area contributed by atoms with E-state index in [1.807, 2.05) is 7.11 Å². The highest BCUT2D eigenvalue weighted by atomic mass is 16.5. The van der Waals surface area contributed by atoms with Gasteiger partial charge in [-0.2, -0.15) is 0 Å². The number of piperidine rings is 1. The van der Waals surface area contributed by atoms with Crippen LogP contribution in [0.3, 0.4) is 0 Å². The summed E-state index contributed by atoms with van der Waals surface area (Å²) in [4.78, 5) is 2.68. The quantitative estimate of drug-likeness (QED) is 0.820. The van der Waals surface area contributed by atoms with E-state index < -0.39 is 0 Å². The van der Waals surface area contributed by atoms with Crippen molar-refractivity contribution in [2.45, 2.75) is 57.1 Å². The molecular formula is C14H28N2O. The van der Waals surface area contributed by atoms with Gasteiger partial charge in [0.1, 0.15) is 0 Å². The van der Waals surface area contributed by atoms with Crippen LogP contribution in [0.4, 0.5) is 0 Å². The Morgan fingerprint density at radius 1 is 1.29 bits per heavy atom. The summed E-state index contributed by atoms with van der Waals surface area (Å²) >= 11 is 0. The second-order valence-electron chi connectivity index (χ2n) is 6.05. The normalized spacial score (nSPS) is 34.8. The number of nitrogens with zero attached hydrogens (tertiary/aromatic N) is 1. The maximum Gasteiger partial charge on any atom is 0.0824 e. The highest BCUT2D eigenvalue weighted by Crippen LogP contribution is 2.32. The van der Waals surface area contributed by atoms with Crippen LogP contribution in [0.15, 0.2) is 0 Å². The van der Waals surface area contributed by atoms with Gasteiger partial charge >= 0.3 is 0 Å². The van der Waals surface area contributed by atoms with Crippen LogP contribution in [-0.4, -0.2) is 43.3 Å². The molecule has 0 amide bonds. The highest BCUT2D eigenvalue weighted by molar-refractivity contribution is 4.91. The fraction of sp³-hybridized carbons (Fsp3) is 1.00. The van der Waals surface area contributed by atoms with Gasteiger partial charge < -0.3 is 15.4 Å². The SMILES string of the molecule is COC1(CN)CCN(C2CCCC(C)C2)CC1. The molecule has 3 heteroatoms. The zero-order valence-corrected chi connectivity index (χ0v) is 11.5. The molecule has 1 aliphatic heterocycles. The number of hydrogen-bond donors (Lipinski definition) is 1. The molecule has 17 heavy (non-hydrogen) atoms. The van der Waals surface area contributed by atoms with Crippen molar-refractivity contribution in [3.63, 3.8) is 0 Å². The first kappa shape index (κ1) is 13.3. The van der Waals surface area contributed by atoms with Crippen LogP contribution in [0.5, 0.6) is 0 Å². The second-order valence-corrected chi connectivity index (χ2v) is 6.05. The molecule has 2 aliphatic rings. The van der Waals surface area contributed by atoms with E-state index in [0.29, 0.717) is 6.54 Å². The molecule has 2 N–H and O–H groups in total. The van der Waals surface area contributed by atoms with Crippen molar-refractivity contribution in [3.8, 4) is 0 Å². The number of nitrogens with two attached hydrogens (primary N) is 1. The van der Waals surface area contributed by atoms with Gasteiger partial charge in [-0.3, -0.25) is 0 Å². The molecule has 0 spiro atoms. The minimum Gasteiger partial charge on any atom is -0.377 e.